The molecule has 2 heteroatoms. The van der Waals surface area contributed by atoms with Gasteiger partial charge in [-0.1, -0.05) is 27.2 Å². The molecule has 106 valence electrons. The second-order valence-corrected chi connectivity index (χ2v) is 6.88. The Balaban J connectivity index is 2.15. The summed E-state index contributed by atoms with van der Waals surface area (Å²) < 4.78 is 0. The smallest absolute Gasteiger partial charge is 0.0337 e. The highest BCUT2D eigenvalue weighted by Crippen LogP contribution is 2.42. The van der Waals surface area contributed by atoms with Gasteiger partial charge in [0.05, 0.1) is 0 Å². The molecule has 0 bridgehead atoms. The molecular formula is C16H32N2. The van der Waals surface area contributed by atoms with Crippen molar-refractivity contribution in [2.45, 2.75) is 77.3 Å². The number of nitrogens with zero attached hydrogens (tertiary/aromatic N) is 1. The standard InChI is InChI=1S/C16H32N2/c1-4-15-7-5-6-10-18(15)16(12-17)9-8-13(2)14(3)11-16/h13-15H,4-12,17H2,1-3H3. The third-order valence-corrected chi connectivity index (χ3v) is 5.83. The molecule has 0 radical (unpaired) electrons. The Morgan fingerprint density at radius 2 is 1.94 bits per heavy atom. The zero-order valence-electron chi connectivity index (χ0n) is 12.6. The highest BCUT2D eigenvalue weighted by molar-refractivity contribution is 5.00. The zero-order chi connectivity index (χ0) is 13.2. The molecule has 1 aliphatic carbocycles. The van der Waals surface area contributed by atoms with Gasteiger partial charge in [-0.3, -0.25) is 4.90 Å². The van der Waals surface area contributed by atoms with Crippen molar-refractivity contribution in [3.8, 4) is 0 Å². The van der Waals surface area contributed by atoms with E-state index in [2.05, 4.69) is 25.7 Å². The number of nitrogens with two attached hydrogens (primary N) is 1. The zero-order valence-corrected chi connectivity index (χ0v) is 12.6. The van der Waals surface area contributed by atoms with Gasteiger partial charge in [-0.15, -0.1) is 0 Å². The number of rotatable bonds is 3. The van der Waals surface area contributed by atoms with Crippen molar-refractivity contribution >= 4 is 0 Å². The van der Waals surface area contributed by atoms with Gasteiger partial charge in [0.1, 0.15) is 0 Å². The summed E-state index contributed by atoms with van der Waals surface area (Å²) in [5, 5.41) is 0. The fourth-order valence-corrected chi connectivity index (χ4v) is 4.30. The molecule has 2 fully saturated rings. The van der Waals surface area contributed by atoms with Crippen LogP contribution in [0.15, 0.2) is 0 Å². The summed E-state index contributed by atoms with van der Waals surface area (Å²) in [6.45, 7) is 9.34. The minimum absolute atomic E-state index is 0.326. The Kier molecular flexibility index (Phi) is 4.71. The maximum Gasteiger partial charge on any atom is 0.0337 e. The Hall–Kier alpha value is -0.0800. The minimum Gasteiger partial charge on any atom is -0.329 e. The molecular weight excluding hydrogens is 220 g/mol. The second kappa shape index (κ2) is 5.92. The van der Waals surface area contributed by atoms with Crippen LogP contribution < -0.4 is 5.73 Å². The fraction of sp³-hybridized carbons (Fsp3) is 1.00. The Labute approximate surface area is 113 Å². The topological polar surface area (TPSA) is 29.3 Å². The summed E-state index contributed by atoms with van der Waals surface area (Å²) in [6.07, 6.45) is 9.50. The molecule has 2 rings (SSSR count). The van der Waals surface area contributed by atoms with E-state index in [1.807, 2.05) is 0 Å². The lowest BCUT2D eigenvalue weighted by Gasteiger charge is -2.54. The summed E-state index contributed by atoms with van der Waals surface area (Å²) in [5.41, 5.74) is 6.58. The van der Waals surface area contributed by atoms with Gasteiger partial charge in [-0.25, -0.2) is 0 Å². The maximum atomic E-state index is 6.25. The van der Waals surface area contributed by atoms with Crippen molar-refractivity contribution in [1.82, 2.24) is 4.90 Å². The van der Waals surface area contributed by atoms with E-state index >= 15 is 0 Å². The molecule has 4 atom stereocenters. The lowest BCUT2D eigenvalue weighted by Crippen LogP contribution is -2.61. The van der Waals surface area contributed by atoms with Crippen LogP contribution in [0.25, 0.3) is 0 Å². The highest BCUT2D eigenvalue weighted by atomic mass is 15.2. The lowest BCUT2D eigenvalue weighted by molar-refractivity contribution is -0.0271. The molecule has 0 spiro atoms. The van der Waals surface area contributed by atoms with E-state index in [0.29, 0.717) is 5.54 Å². The van der Waals surface area contributed by atoms with Gasteiger partial charge in [-0.2, -0.15) is 0 Å². The molecule has 0 aromatic carbocycles. The average Bonchev–Trinajstić information content (AvgIpc) is 2.42. The molecule has 1 heterocycles. The van der Waals surface area contributed by atoms with Crippen LogP contribution in [0.5, 0.6) is 0 Å². The van der Waals surface area contributed by atoms with Crippen molar-refractivity contribution in [2.75, 3.05) is 13.1 Å². The van der Waals surface area contributed by atoms with Crippen LogP contribution >= 0.6 is 0 Å². The van der Waals surface area contributed by atoms with Gasteiger partial charge >= 0.3 is 0 Å². The van der Waals surface area contributed by atoms with Crippen molar-refractivity contribution in [1.29, 1.82) is 0 Å². The Bertz CT molecular complexity index is 266. The number of likely N-dealkylation sites (tertiary alicyclic amines) is 1. The summed E-state index contributed by atoms with van der Waals surface area (Å²) in [5.74, 6) is 1.72. The van der Waals surface area contributed by atoms with E-state index in [0.717, 1.165) is 24.4 Å². The van der Waals surface area contributed by atoms with Crippen molar-refractivity contribution in [3.05, 3.63) is 0 Å². The van der Waals surface area contributed by atoms with Crippen LogP contribution in [-0.4, -0.2) is 29.6 Å². The van der Waals surface area contributed by atoms with Gasteiger partial charge in [0.25, 0.3) is 0 Å². The van der Waals surface area contributed by atoms with Gasteiger partial charge < -0.3 is 5.73 Å². The SMILES string of the molecule is CCC1CCCCN1C1(CN)CCC(C)C(C)C1. The van der Waals surface area contributed by atoms with E-state index in [1.54, 1.807) is 0 Å². The highest BCUT2D eigenvalue weighted by Gasteiger charge is 2.43. The first-order chi connectivity index (χ1) is 8.63. The molecule has 18 heavy (non-hydrogen) atoms. The normalized spacial score (nSPS) is 43.0. The summed E-state index contributed by atoms with van der Waals surface area (Å²) >= 11 is 0. The fourth-order valence-electron chi connectivity index (χ4n) is 4.30. The molecule has 1 saturated carbocycles. The van der Waals surface area contributed by atoms with E-state index in [1.165, 1.54) is 51.5 Å². The Morgan fingerprint density at radius 3 is 2.56 bits per heavy atom. The summed E-state index contributed by atoms with van der Waals surface area (Å²) in [7, 11) is 0. The van der Waals surface area contributed by atoms with Crippen LogP contribution in [0.3, 0.4) is 0 Å². The van der Waals surface area contributed by atoms with E-state index in [-0.39, 0.29) is 0 Å². The van der Waals surface area contributed by atoms with Gasteiger partial charge in [0, 0.05) is 18.1 Å². The minimum atomic E-state index is 0.326. The van der Waals surface area contributed by atoms with Gasteiger partial charge in [0.2, 0.25) is 0 Å². The summed E-state index contributed by atoms with van der Waals surface area (Å²) in [6, 6.07) is 0.794. The maximum absolute atomic E-state index is 6.25. The average molecular weight is 252 g/mol. The molecule has 1 saturated heterocycles. The molecule has 0 amide bonds. The Morgan fingerprint density at radius 1 is 1.17 bits per heavy atom. The monoisotopic (exact) mass is 252 g/mol. The first-order valence-electron chi connectivity index (χ1n) is 8.10. The van der Waals surface area contributed by atoms with Crippen LogP contribution in [0.1, 0.15) is 65.7 Å². The molecule has 2 aliphatic rings. The molecule has 2 N–H and O–H groups in total. The largest absolute Gasteiger partial charge is 0.329 e. The van der Waals surface area contributed by atoms with E-state index in [4.69, 9.17) is 5.73 Å². The van der Waals surface area contributed by atoms with Crippen LogP contribution in [0, 0.1) is 11.8 Å². The predicted octanol–water partition coefficient (Wildman–Crippen LogP) is 3.40. The van der Waals surface area contributed by atoms with Crippen molar-refractivity contribution in [2.24, 2.45) is 17.6 Å². The third-order valence-electron chi connectivity index (χ3n) is 5.83. The van der Waals surface area contributed by atoms with Crippen molar-refractivity contribution in [3.63, 3.8) is 0 Å². The predicted molar refractivity (Wildman–Crippen MR) is 78.6 cm³/mol. The molecule has 1 aliphatic heterocycles. The molecule has 0 aromatic heterocycles. The lowest BCUT2D eigenvalue weighted by atomic mass is 9.69. The van der Waals surface area contributed by atoms with Crippen LogP contribution in [0.4, 0.5) is 0 Å². The van der Waals surface area contributed by atoms with Crippen LogP contribution in [-0.2, 0) is 0 Å². The first kappa shape index (κ1) is 14.3. The van der Waals surface area contributed by atoms with Crippen LogP contribution in [0.2, 0.25) is 0 Å². The summed E-state index contributed by atoms with van der Waals surface area (Å²) in [4.78, 5) is 2.82. The second-order valence-electron chi connectivity index (χ2n) is 6.88. The van der Waals surface area contributed by atoms with Gasteiger partial charge in [0.15, 0.2) is 0 Å². The number of hydrogen-bond donors (Lipinski definition) is 1. The molecule has 4 unspecified atom stereocenters. The quantitative estimate of drug-likeness (QED) is 0.834. The first-order valence-corrected chi connectivity index (χ1v) is 8.10. The van der Waals surface area contributed by atoms with Crippen molar-refractivity contribution < 1.29 is 0 Å². The molecule has 2 nitrogen and oxygen atoms in total. The number of hydrogen-bond acceptors (Lipinski definition) is 2. The third kappa shape index (κ3) is 2.60. The number of piperidine rings is 1. The van der Waals surface area contributed by atoms with E-state index < -0.39 is 0 Å². The van der Waals surface area contributed by atoms with E-state index in [9.17, 15) is 0 Å². The molecule has 0 aromatic rings. The van der Waals surface area contributed by atoms with Gasteiger partial charge in [-0.05, 0) is 56.9 Å².